The van der Waals surface area contributed by atoms with Gasteiger partial charge in [0, 0.05) is 43.0 Å². The number of likely N-dealkylation sites (N-methyl/N-ethyl adjacent to an activating group) is 2. The van der Waals surface area contributed by atoms with E-state index in [4.69, 9.17) is 0 Å². The summed E-state index contributed by atoms with van der Waals surface area (Å²) in [6, 6.07) is 8.90. The Morgan fingerprint density at radius 2 is 1.76 bits per heavy atom. The molecule has 2 aromatic carbocycles. The first kappa shape index (κ1) is 18.5. The lowest BCUT2D eigenvalue weighted by Gasteiger charge is -2.22. The normalized spacial score (nSPS) is 10.8. The summed E-state index contributed by atoms with van der Waals surface area (Å²) in [5.74, 6) is -1.58. The number of hydrogen-bond acceptors (Lipinski definition) is 4. The van der Waals surface area contributed by atoms with Gasteiger partial charge in [-0.15, -0.1) is 0 Å². The van der Waals surface area contributed by atoms with E-state index in [1.54, 1.807) is 19.0 Å². The topological polar surface area (TPSA) is 66.7 Å². The van der Waals surface area contributed by atoms with E-state index in [1.807, 2.05) is 0 Å². The molecule has 0 heterocycles. The Morgan fingerprint density at radius 3 is 2.32 bits per heavy atom. The van der Waals surface area contributed by atoms with E-state index in [2.05, 4.69) is 0 Å². The minimum absolute atomic E-state index is 0.00427. The average Bonchev–Trinajstić information content (AvgIpc) is 2.56. The summed E-state index contributed by atoms with van der Waals surface area (Å²) in [5, 5.41) is 10.6. The average molecular weight is 349 g/mol. The Labute approximate surface area is 143 Å². The van der Waals surface area contributed by atoms with Gasteiger partial charge < -0.3 is 4.90 Å². The Kier molecular flexibility index (Phi) is 5.76. The highest BCUT2D eigenvalue weighted by molar-refractivity contribution is 5.94. The van der Waals surface area contributed by atoms with Gasteiger partial charge in [-0.3, -0.25) is 19.8 Å². The lowest BCUT2D eigenvalue weighted by molar-refractivity contribution is -0.384. The van der Waals surface area contributed by atoms with E-state index in [0.717, 1.165) is 12.1 Å². The predicted octanol–water partition coefficient (Wildman–Crippen LogP) is 2.97. The first-order valence-electron chi connectivity index (χ1n) is 7.41. The van der Waals surface area contributed by atoms with Crippen LogP contribution in [-0.2, 0) is 11.3 Å². The molecule has 25 heavy (non-hydrogen) atoms. The zero-order chi connectivity index (χ0) is 18.6. The maximum absolute atomic E-state index is 13.7. The molecular weight excluding hydrogens is 332 g/mol. The van der Waals surface area contributed by atoms with Gasteiger partial charge in [-0.2, -0.15) is 0 Å². The van der Waals surface area contributed by atoms with Crippen molar-refractivity contribution in [2.75, 3.05) is 25.5 Å². The number of anilines is 1. The Bertz CT molecular complexity index is 781. The molecule has 6 nitrogen and oxygen atoms in total. The molecule has 132 valence electrons. The maximum Gasteiger partial charge on any atom is 0.269 e. The smallest absolute Gasteiger partial charge is 0.269 e. The van der Waals surface area contributed by atoms with Crippen molar-refractivity contribution in [3.8, 4) is 0 Å². The van der Waals surface area contributed by atoms with E-state index in [0.29, 0.717) is 5.69 Å². The van der Waals surface area contributed by atoms with Crippen molar-refractivity contribution < 1.29 is 18.5 Å². The van der Waals surface area contributed by atoms with Gasteiger partial charge in [0.05, 0.1) is 11.5 Å². The number of hydrogen-bond donors (Lipinski definition) is 0. The van der Waals surface area contributed by atoms with Crippen molar-refractivity contribution in [1.82, 2.24) is 4.90 Å². The number of halogens is 2. The maximum atomic E-state index is 13.7. The predicted molar refractivity (Wildman–Crippen MR) is 89.2 cm³/mol. The van der Waals surface area contributed by atoms with E-state index in [1.165, 1.54) is 35.2 Å². The second-order valence-electron chi connectivity index (χ2n) is 5.63. The van der Waals surface area contributed by atoms with Crippen LogP contribution in [-0.4, -0.2) is 36.4 Å². The van der Waals surface area contributed by atoms with Crippen molar-refractivity contribution in [3.63, 3.8) is 0 Å². The van der Waals surface area contributed by atoms with Crippen LogP contribution in [0.2, 0.25) is 0 Å². The highest BCUT2D eigenvalue weighted by Crippen LogP contribution is 2.19. The summed E-state index contributed by atoms with van der Waals surface area (Å²) in [7, 11) is 3.19. The van der Waals surface area contributed by atoms with Gasteiger partial charge in [-0.05, 0) is 25.2 Å². The molecule has 2 aromatic rings. The fourth-order valence-electron chi connectivity index (χ4n) is 2.28. The van der Waals surface area contributed by atoms with Gasteiger partial charge in [0.1, 0.15) is 11.6 Å². The zero-order valence-corrected chi connectivity index (χ0v) is 13.8. The minimum atomic E-state index is -0.664. The highest BCUT2D eigenvalue weighted by Gasteiger charge is 2.16. The molecule has 0 unspecified atom stereocenters. The molecule has 0 bridgehead atoms. The van der Waals surface area contributed by atoms with E-state index >= 15 is 0 Å². The van der Waals surface area contributed by atoms with Crippen LogP contribution in [0.3, 0.4) is 0 Å². The molecule has 8 heteroatoms. The number of benzene rings is 2. The number of nitrogens with zero attached hydrogens (tertiary/aromatic N) is 3. The van der Waals surface area contributed by atoms with E-state index in [-0.39, 0.29) is 30.2 Å². The minimum Gasteiger partial charge on any atom is -0.314 e. The van der Waals surface area contributed by atoms with Crippen molar-refractivity contribution >= 4 is 17.3 Å². The second-order valence-corrected chi connectivity index (χ2v) is 5.63. The van der Waals surface area contributed by atoms with Crippen LogP contribution < -0.4 is 4.90 Å². The number of carbonyl (C=O) groups is 1. The highest BCUT2D eigenvalue weighted by atomic mass is 19.1. The Hall–Kier alpha value is -2.87. The molecule has 0 atom stereocenters. The molecule has 0 fully saturated rings. The standard InChI is InChI=1S/C17H17F2N3O3/c1-20(10-12-3-4-13(18)9-16(12)19)11-17(23)21(2)14-5-7-15(8-6-14)22(24)25/h3-9H,10-11H2,1-2H3. The fraction of sp³-hybridized carbons (Fsp3) is 0.235. The SMILES string of the molecule is CN(CC(=O)N(C)c1ccc([N+](=O)[O-])cc1)Cc1ccc(F)cc1F. The van der Waals surface area contributed by atoms with Crippen LogP contribution in [0.4, 0.5) is 20.2 Å². The number of amides is 1. The molecule has 0 saturated heterocycles. The third kappa shape index (κ3) is 4.80. The summed E-state index contributed by atoms with van der Waals surface area (Å²) in [5.41, 5.74) is 0.736. The second kappa shape index (κ2) is 7.80. The molecule has 0 aliphatic carbocycles. The van der Waals surface area contributed by atoms with Gasteiger partial charge in [-0.1, -0.05) is 6.07 Å². The largest absolute Gasteiger partial charge is 0.314 e. The molecule has 2 rings (SSSR count). The number of carbonyl (C=O) groups excluding carboxylic acids is 1. The molecule has 0 radical (unpaired) electrons. The number of non-ortho nitro benzene ring substituents is 1. The quantitative estimate of drug-likeness (QED) is 0.594. The summed E-state index contributed by atoms with van der Waals surface area (Å²) >= 11 is 0. The van der Waals surface area contributed by atoms with Crippen LogP contribution in [0, 0.1) is 21.7 Å². The molecule has 0 aromatic heterocycles. The van der Waals surface area contributed by atoms with Crippen molar-refractivity contribution in [2.45, 2.75) is 6.54 Å². The summed E-state index contributed by atoms with van der Waals surface area (Å²) < 4.78 is 26.6. The van der Waals surface area contributed by atoms with Gasteiger partial charge >= 0.3 is 0 Å². The van der Waals surface area contributed by atoms with Crippen LogP contribution in [0.15, 0.2) is 42.5 Å². The third-order valence-corrected chi connectivity index (χ3v) is 3.68. The van der Waals surface area contributed by atoms with Gasteiger partial charge in [0.25, 0.3) is 5.69 Å². The van der Waals surface area contributed by atoms with Gasteiger partial charge in [0.15, 0.2) is 0 Å². The van der Waals surface area contributed by atoms with Crippen LogP contribution in [0.1, 0.15) is 5.56 Å². The molecule has 1 amide bonds. The molecule has 0 aliphatic rings. The van der Waals surface area contributed by atoms with Crippen LogP contribution in [0.5, 0.6) is 0 Å². The molecular formula is C17H17F2N3O3. The van der Waals surface area contributed by atoms with Crippen molar-refractivity contribution in [2.24, 2.45) is 0 Å². The number of nitro benzene ring substituents is 1. The molecule has 0 saturated carbocycles. The van der Waals surface area contributed by atoms with Gasteiger partial charge in [-0.25, -0.2) is 8.78 Å². The lowest BCUT2D eigenvalue weighted by Crippen LogP contribution is -2.36. The fourth-order valence-corrected chi connectivity index (χ4v) is 2.28. The van der Waals surface area contributed by atoms with E-state index < -0.39 is 16.6 Å². The van der Waals surface area contributed by atoms with Crippen molar-refractivity contribution in [1.29, 1.82) is 0 Å². The number of rotatable bonds is 6. The van der Waals surface area contributed by atoms with Crippen molar-refractivity contribution in [3.05, 3.63) is 69.8 Å². The monoisotopic (exact) mass is 349 g/mol. The first-order chi connectivity index (χ1) is 11.8. The summed E-state index contributed by atoms with van der Waals surface area (Å²) in [6.07, 6.45) is 0. The Morgan fingerprint density at radius 1 is 1.12 bits per heavy atom. The number of nitro groups is 1. The third-order valence-electron chi connectivity index (χ3n) is 3.68. The molecule has 0 spiro atoms. The van der Waals surface area contributed by atoms with Crippen LogP contribution >= 0.6 is 0 Å². The lowest BCUT2D eigenvalue weighted by atomic mass is 10.2. The Balaban J connectivity index is 1.98. The van der Waals surface area contributed by atoms with Gasteiger partial charge in [0.2, 0.25) is 5.91 Å². The van der Waals surface area contributed by atoms with Crippen LogP contribution in [0.25, 0.3) is 0 Å². The zero-order valence-electron chi connectivity index (χ0n) is 13.8. The summed E-state index contributed by atoms with van der Waals surface area (Å²) in [6.45, 7) is 0.149. The molecule has 0 N–H and O–H groups in total. The molecule has 0 aliphatic heterocycles. The summed E-state index contributed by atoms with van der Waals surface area (Å²) in [4.78, 5) is 25.4. The van der Waals surface area contributed by atoms with E-state index in [9.17, 15) is 23.7 Å². The first-order valence-corrected chi connectivity index (χ1v) is 7.41.